The Kier molecular flexibility index (Phi) is 2.76. The third kappa shape index (κ3) is 2.06. The second-order valence-electron chi connectivity index (χ2n) is 1.91. The summed E-state index contributed by atoms with van der Waals surface area (Å²) in [6.07, 6.45) is 4.07. The Labute approximate surface area is 59.4 Å². The first-order valence-corrected chi connectivity index (χ1v) is 3.27. The molecule has 0 bridgehead atoms. The average Bonchev–Trinajstić information content (AvgIpc) is 2.41. The fourth-order valence-corrected chi connectivity index (χ4v) is 0.608. The number of nitrogens with zero attached hydrogens (tertiary/aromatic N) is 1. The van der Waals surface area contributed by atoms with E-state index in [1.165, 1.54) is 6.26 Å². The lowest BCUT2D eigenvalue weighted by Gasteiger charge is -1.97. The van der Waals surface area contributed by atoms with E-state index in [9.17, 15) is 0 Å². The van der Waals surface area contributed by atoms with Crippen LogP contribution in [-0.4, -0.2) is 18.1 Å². The molecule has 1 heterocycles. The minimum absolute atomic E-state index is 0.563. The Morgan fingerprint density at radius 3 is 3.20 bits per heavy atom. The third-order valence-electron chi connectivity index (χ3n) is 1.09. The molecule has 0 atom stereocenters. The van der Waals surface area contributed by atoms with Crippen LogP contribution in [0, 0.1) is 0 Å². The number of hydrogen-bond acceptors (Lipinski definition) is 4. The fourth-order valence-electron chi connectivity index (χ4n) is 0.608. The molecule has 0 unspecified atom stereocenters. The van der Waals surface area contributed by atoms with Crippen molar-refractivity contribution in [3.8, 4) is 0 Å². The molecule has 3 N–H and O–H groups in total. The zero-order chi connectivity index (χ0) is 7.23. The Morgan fingerprint density at radius 1 is 1.70 bits per heavy atom. The summed E-state index contributed by atoms with van der Waals surface area (Å²) in [6.45, 7) is 1.50. The smallest absolute Gasteiger partial charge is 0.294 e. The number of nitrogens with two attached hydrogens (primary N) is 1. The topological polar surface area (TPSA) is 64.1 Å². The number of aromatic nitrogens is 1. The first-order chi connectivity index (χ1) is 4.93. The molecule has 1 aromatic heterocycles. The molecule has 0 saturated carbocycles. The van der Waals surface area contributed by atoms with Gasteiger partial charge in [0.25, 0.3) is 6.01 Å². The summed E-state index contributed by atoms with van der Waals surface area (Å²) < 4.78 is 4.92. The van der Waals surface area contributed by atoms with Crippen molar-refractivity contribution < 1.29 is 4.42 Å². The third-order valence-corrected chi connectivity index (χ3v) is 1.09. The van der Waals surface area contributed by atoms with E-state index in [0.717, 1.165) is 13.0 Å². The zero-order valence-corrected chi connectivity index (χ0v) is 5.71. The largest absolute Gasteiger partial charge is 0.432 e. The van der Waals surface area contributed by atoms with Crippen LogP contribution in [0.2, 0.25) is 0 Å². The first kappa shape index (κ1) is 7.08. The number of rotatable bonds is 4. The normalized spacial score (nSPS) is 9.70. The van der Waals surface area contributed by atoms with Crippen LogP contribution in [0.3, 0.4) is 0 Å². The van der Waals surface area contributed by atoms with Crippen molar-refractivity contribution in [3.05, 3.63) is 12.5 Å². The van der Waals surface area contributed by atoms with Crippen molar-refractivity contribution in [2.75, 3.05) is 18.4 Å². The molecular weight excluding hydrogens is 130 g/mol. The Bertz CT molecular complexity index is 162. The summed E-state index contributed by atoms with van der Waals surface area (Å²) in [7, 11) is 0. The van der Waals surface area contributed by atoms with Crippen molar-refractivity contribution in [1.29, 1.82) is 0 Å². The van der Waals surface area contributed by atoms with Crippen molar-refractivity contribution in [2.24, 2.45) is 5.73 Å². The van der Waals surface area contributed by atoms with Gasteiger partial charge in [0.05, 0.1) is 6.20 Å². The van der Waals surface area contributed by atoms with Crippen molar-refractivity contribution in [3.63, 3.8) is 0 Å². The summed E-state index contributed by atoms with van der Waals surface area (Å²) in [6, 6.07) is 0.563. The van der Waals surface area contributed by atoms with Crippen molar-refractivity contribution in [2.45, 2.75) is 6.42 Å². The van der Waals surface area contributed by atoms with Crippen LogP contribution in [0.5, 0.6) is 0 Å². The number of nitrogens with one attached hydrogen (secondary N) is 1. The molecule has 56 valence electrons. The van der Waals surface area contributed by atoms with Gasteiger partial charge in [-0.1, -0.05) is 0 Å². The molecule has 0 amide bonds. The molecule has 4 nitrogen and oxygen atoms in total. The zero-order valence-electron chi connectivity index (χ0n) is 5.71. The van der Waals surface area contributed by atoms with Gasteiger partial charge in [-0.05, 0) is 13.0 Å². The van der Waals surface area contributed by atoms with E-state index in [1.807, 2.05) is 0 Å². The quantitative estimate of drug-likeness (QED) is 0.597. The lowest BCUT2D eigenvalue weighted by molar-refractivity contribution is 0.570. The highest BCUT2D eigenvalue weighted by atomic mass is 16.4. The summed E-state index contributed by atoms with van der Waals surface area (Å²) in [5.74, 6) is 0. The highest BCUT2D eigenvalue weighted by Crippen LogP contribution is 1.99. The monoisotopic (exact) mass is 141 g/mol. The molecule has 0 aliphatic heterocycles. The van der Waals surface area contributed by atoms with Gasteiger partial charge in [0.15, 0.2) is 0 Å². The van der Waals surface area contributed by atoms with E-state index in [2.05, 4.69) is 10.3 Å². The second-order valence-corrected chi connectivity index (χ2v) is 1.91. The molecule has 0 saturated heterocycles. The van der Waals surface area contributed by atoms with Gasteiger partial charge >= 0.3 is 0 Å². The molecule has 0 radical (unpaired) electrons. The average molecular weight is 141 g/mol. The van der Waals surface area contributed by atoms with E-state index in [1.54, 1.807) is 6.20 Å². The standard InChI is InChI=1S/C6H11N3O/c7-2-1-3-8-6-9-4-5-10-6/h4-5H,1-3,7H2,(H,8,9). The highest BCUT2D eigenvalue weighted by Gasteiger charge is 1.91. The minimum Gasteiger partial charge on any atom is -0.432 e. The first-order valence-electron chi connectivity index (χ1n) is 3.27. The number of oxazole rings is 1. The van der Waals surface area contributed by atoms with Gasteiger partial charge < -0.3 is 15.5 Å². The van der Waals surface area contributed by atoms with Gasteiger partial charge in [0.2, 0.25) is 0 Å². The second kappa shape index (κ2) is 3.90. The van der Waals surface area contributed by atoms with E-state index >= 15 is 0 Å². The predicted molar refractivity (Wildman–Crippen MR) is 38.7 cm³/mol. The van der Waals surface area contributed by atoms with Crippen LogP contribution in [0.15, 0.2) is 16.9 Å². The molecule has 0 spiro atoms. The summed E-state index contributed by atoms with van der Waals surface area (Å²) in [4.78, 5) is 3.87. The maximum absolute atomic E-state index is 5.28. The molecule has 0 aliphatic carbocycles. The van der Waals surface area contributed by atoms with E-state index < -0.39 is 0 Å². The van der Waals surface area contributed by atoms with Gasteiger partial charge in [0.1, 0.15) is 6.26 Å². The SMILES string of the molecule is NCCCNc1ncco1. The van der Waals surface area contributed by atoms with Crippen LogP contribution in [0.4, 0.5) is 6.01 Å². The van der Waals surface area contributed by atoms with Crippen molar-refractivity contribution >= 4 is 6.01 Å². The van der Waals surface area contributed by atoms with Crippen LogP contribution in [-0.2, 0) is 0 Å². The lowest BCUT2D eigenvalue weighted by atomic mass is 10.4. The predicted octanol–water partition coefficient (Wildman–Crippen LogP) is 0.435. The summed E-state index contributed by atoms with van der Waals surface area (Å²) >= 11 is 0. The molecule has 10 heavy (non-hydrogen) atoms. The molecule has 4 heteroatoms. The fraction of sp³-hybridized carbons (Fsp3) is 0.500. The van der Waals surface area contributed by atoms with E-state index in [0.29, 0.717) is 12.6 Å². The van der Waals surface area contributed by atoms with Crippen LogP contribution in [0.25, 0.3) is 0 Å². The van der Waals surface area contributed by atoms with Crippen LogP contribution in [0.1, 0.15) is 6.42 Å². The molecule has 1 aromatic rings. The maximum atomic E-state index is 5.28. The Hall–Kier alpha value is -1.03. The van der Waals surface area contributed by atoms with Crippen LogP contribution < -0.4 is 11.1 Å². The summed E-state index contributed by atoms with van der Waals surface area (Å²) in [5, 5.41) is 2.97. The molecule has 0 aliphatic rings. The van der Waals surface area contributed by atoms with Gasteiger partial charge in [-0.25, -0.2) is 4.98 Å². The number of hydrogen-bond donors (Lipinski definition) is 2. The molecule has 0 fully saturated rings. The van der Waals surface area contributed by atoms with Gasteiger partial charge in [-0.2, -0.15) is 0 Å². The molecule has 1 rings (SSSR count). The van der Waals surface area contributed by atoms with Gasteiger partial charge in [-0.3, -0.25) is 0 Å². The van der Waals surface area contributed by atoms with Crippen molar-refractivity contribution in [1.82, 2.24) is 4.98 Å². The van der Waals surface area contributed by atoms with Gasteiger partial charge in [0, 0.05) is 6.54 Å². The minimum atomic E-state index is 0.563. The van der Waals surface area contributed by atoms with E-state index in [4.69, 9.17) is 10.2 Å². The highest BCUT2D eigenvalue weighted by molar-refractivity contribution is 5.16. The molecule has 0 aromatic carbocycles. The summed E-state index contributed by atoms with van der Waals surface area (Å²) in [5.41, 5.74) is 5.28. The van der Waals surface area contributed by atoms with Gasteiger partial charge in [-0.15, -0.1) is 0 Å². The molecular formula is C6H11N3O. The van der Waals surface area contributed by atoms with Crippen LogP contribution >= 0.6 is 0 Å². The number of anilines is 1. The Balaban J connectivity index is 2.15. The maximum Gasteiger partial charge on any atom is 0.294 e. The Morgan fingerprint density at radius 2 is 2.60 bits per heavy atom. The van der Waals surface area contributed by atoms with E-state index in [-0.39, 0.29) is 0 Å². The lowest BCUT2D eigenvalue weighted by Crippen LogP contribution is -2.08.